The van der Waals surface area contributed by atoms with E-state index in [0.717, 1.165) is 12.8 Å². The number of amides is 1. The minimum atomic E-state index is 0.0706. The molecule has 1 aromatic heterocycles. The topological polar surface area (TPSA) is 42.0 Å². The molecule has 1 aliphatic carbocycles. The molecule has 0 radical (unpaired) electrons. The second-order valence-corrected chi connectivity index (χ2v) is 5.69. The summed E-state index contributed by atoms with van der Waals surface area (Å²) in [5, 5.41) is 4.10. The lowest BCUT2D eigenvalue weighted by Crippen LogP contribution is -2.29. The van der Waals surface area contributed by atoms with Crippen molar-refractivity contribution >= 4 is 17.2 Å². The minimum absolute atomic E-state index is 0.0706. The zero-order valence-corrected chi connectivity index (χ0v) is 10.7. The fourth-order valence-electron chi connectivity index (χ4n) is 1.85. The molecule has 1 N–H and O–H groups in total. The van der Waals surface area contributed by atoms with Crippen LogP contribution in [-0.4, -0.2) is 17.4 Å². The van der Waals surface area contributed by atoms with E-state index < -0.39 is 0 Å². The quantitative estimate of drug-likeness (QED) is 0.871. The van der Waals surface area contributed by atoms with Crippen LogP contribution in [0.2, 0.25) is 0 Å². The van der Waals surface area contributed by atoms with Crippen molar-refractivity contribution in [2.75, 3.05) is 6.54 Å². The lowest BCUT2D eigenvalue weighted by molar-refractivity contribution is -0.123. The summed E-state index contributed by atoms with van der Waals surface area (Å²) in [5.41, 5.74) is 1.30. The van der Waals surface area contributed by atoms with Gasteiger partial charge in [0.2, 0.25) is 5.91 Å². The van der Waals surface area contributed by atoms with Crippen molar-refractivity contribution in [2.24, 2.45) is 5.92 Å². The number of carbonyl (C=O) groups excluding carboxylic acids is 1. The average Bonchev–Trinajstić information content (AvgIpc) is 2.77. The van der Waals surface area contributed by atoms with Crippen molar-refractivity contribution in [1.82, 2.24) is 10.3 Å². The Hall–Kier alpha value is -0.900. The predicted molar refractivity (Wildman–Crippen MR) is 65.7 cm³/mol. The van der Waals surface area contributed by atoms with Crippen LogP contribution >= 0.6 is 11.3 Å². The van der Waals surface area contributed by atoms with E-state index in [9.17, 15) is 4.79 Å². The smallest absolute Gasteiger partial charge is 0.222 e. The van der Waals surface area contributed by atoms with E-state index >= 15 is 0 Å². The molecule has 2 rings (SSSR count). The number of rotatable bonds is 4. The van der Waals surface area contributed by atoms with Crippen LogP contribution in [0.1, 0.15) is 35.8 Å². The highest BCUT2D eigenvalue weighted by Gasteiger charge is 2.16. The van der Waals surface area contributed by atoms with Crippen molar-refractivity contribution in [2.45, 2.75) is 39.5 Å². The fourth-order valence-corrected chi connectivity index (χ4v) is 3.00. The maximum absolute atomic E-state index is 11.3. The van der Waals surface area contributed by atoms with E-state index in [4.69, 9.17) is 0 Å². The largest absolute Gasteiger partial charge is 0.355 e. The number of nitrogens with one attached hydrogen (secondary N) is 1. The van der Waals surface area contributed by atoms with Crippen LogP contribution < -0.4 is 5.32 Å². The van der Waals surface area contributed by atoms with Crippen LogP contribution in [0.4, 0.5) is 0 Å². The third-order valence-electron chi connectivity index (χ3n) is 2.80. The normalized spacial score (nSPS) is 14.2. The Morgan fingerprint density at radius 3 is 3.00 bits per heavy atom. The zero-order valence-electron chi connectivity index (χ0n) is 9.88. The Morgan fingerprint density at radius 2 is 2.31 bits per heavy atom. The Morgan fingerprint density at radius 1 is 1.50 bits per heavy atom. The molecule has 16 heavy (non-hydrogen) atoms. The Kier molecular flexibility index (Phi) is 3.59. The molecule has 1 aliphatic rings. The zero-order chi connectivity index (χ0) is 11.5. The van der Waals surface area contributed by atoms with Crippen molar-refractivity contribution in [1.29, 1.82) is 0 Å². The van der Waals surface area contributed by atoms with Crippen LogP contribution in [0.15, 0.2) is 0 Å². The van der Waals surface area contributed by atoms with Crippen LogP contribution in [0.3, 0.4) is 0 Å². The molecule has 0 bridgehead atoms. The summed E-state index contributed by atoms with van der Waals surface area (Å²) in [6.07, 6.45) is 4.48. The number of fused-ring (bicyclic) bond motifs is 1. The van der Waals surface area contributed by atoms with Crippen LogP contribution in [-0.2, 0) is 24.1 Å². The Bertz CT molecular complexity index is 363. The van der Waals surface area contributed by atoms with Crippen LogP contribution in [0.25, 0.3) is 0 Å². The molecular weight excluding hydrogens is 220 g/mol. The monoisotopic (exact) mass is 238 g/mol. The lowest BCUT2D eigenvalue weighted by Gasteiger charge is -2.05. The molecule has 88 valence electrons. The molecular formula is C12H18N2OS. The first-order valence-electron chi connectivity index (χ1n) is 5.92. The van der Waals surface area contributed by atoms with Crippen LogP contribution in [0.5, 0.6) is 0 Å². The number of aryl methyl sites for hydroxylation is 2. The number of thiazole rings is 1. The third-order valence-corrected chi connectivity index (χ3v) is 4.02. The van der Waals surface area contributed by atoms with E-state index in [0.29, 0.717) is 6.54 Å². The van der Waals surface area contributed by atoms with Crippen molar-refractivity contribution in [3.05, 3.63) is 15.6 Å². The van der Waals surface area contributed by atoms with E-state index in [1.54, 1.807) is 0 Å². The van der Waals surface area contributed by atoms with Gasteiger partial charge in [-0.25, -0.2) is 4.98 Å². The summed E-state index contributed by atoms with van der Waals surface area (Å²) in [6.45, 7) is 4.53. The van der Waals surface area contributed by atoms with Gasteiger partial charge in [0.25, 0.3) is 0 Å². The number of carbonyl (C=O) groups is 1. The standard InChI is InChI=1S/C12H18N2OS/c1-8(2)12(15)13-7-6-11-14-9-4-3-5-10(9)16-11/h8H,3-7H2,1-2H3,(H,13,15). The SMILES string of the molecule is CC(C)C(=O)NCCc1nc2c(s1)CCC2. The molecule has 4 heteroatoms. The van der Waals surface area contributed by atoms with Gasteiger partial charge in [-0.2, -0.15) is 0 Å². The van der Waals surface area contributed by atoms with Gasteiger partial charge < -0.3 is 5.32 Å². The Balaban J connectivity index is 1.79. The van der Waals surface area contributed by atoms with E-state index in [1.807, 2.05) is 25.2 Å². The first-order chi connectivity index (χ1) is 7.66. The molecule has 0 spiro atoms. The Labute approximate surface area is 100 Å². The second-order valence-electron chi connectivity index (χ2n) is 4.53. The summed E-state index contributed by atoms with van der Waals surface area (Å²) >= 11 is 1.82. The molecule has 0 aromatic carbocycles. The molecule has 0 saturated carbocycles. The second kappa shape index (κ2) is 4.95. The lowest BCUT2D eigenvalue weighted by atomic mass is 10.2. The summed E-state index contributed by atoms with van der Waals surface area (Å²) in [4.78, 5) is 17.4. The number of nitrogens with zero attached hydrogens (tertiary/aromatic N) is 1. The maximum atomic E-state index is 11.3. The van der Waals surface area contributed by atoms with E-state index in [2.05, 4.69) is 10.3 Å². The fraction of sp³-hybridized carbons (Fsp3) is 0.667. The molecule has 0 saturated heterocycles. The first-order valence-corrected chi connectivity index (χ1v) is 6.73. The number of hydrogen-bond donors (Lipinski definition) is 1. The van der Waals surface area contributed by atoms with Gasteiger partial charge in [-0.05, 0) is 19.3 Å². The molecule has 3 nitrogen and oxygen atoms in total. The average molecular weight is 238 g/mol. The molecule has 0 unspecified atom stereocenters. The van der Waals surface area contributed by atoms with Gasteiger partial charge >= 0.3 is 0 Å². The molecule has 0 atom stereocenters. The predicted octanol–water partition coefficient (Wildman–Crippen LogP) is 1.95. The molecule has 0 fully saturated rings. The van der Waals surface area contributed by atoms with Gasteiger partial charge in [0.1, 0.15) is 0 Å². The highest BCUT2D eigenvalue weighted by molar-refractivity contribution is 7.11. The highest BCUT2D eigenvalue weighted by atomic mass is 32.1. The van der Waals surface area contributed by atoms with Crippen molar-refractivity contribution < 1.29 is 4.79 Å². The maximum Gasteiger partial charge on any atom is 0.222 e. The number of aromatic nitrogens is 1. The van der Waals surface area contributed by atoms with Gasteiger partial charge in [-0.15, -0.1) is 11.3 Å². The van der Waals surface area contributed by atoms with Gasteiger partial charge in [0.15, 0.2) is 0 Å². The summed E-state index contributed by atoms with van der Waals surface area (Å²) < 4.78 is 0. The van der Waals surface area contributed by atoms with Crippen LogP contribution in [0, 0.1) is 5.92 Å². The van der Waals surface area contributed by atoms with Crippen molar-refractivity contribution in [3.63, 3.8) is 0 Å². The molecule has 0 aliphatic heterocycles. The van der Waals surface area contributed by atoms with Gasteiger partial charge in [-0.3, -0.25) is 4.79 Å². The first kappa shape index (κ1) is 11.6. The third kappa shape index (κ3) is 2.61. The number of hydrogen-bond acceptors (Lipinski definition) is 3. The summed E-state index contributed by atoms with van der Waals surface area (Å²) in [5.74, 6) is 0.199. The molecule has 1 aromatic rings. The molecule has 1 amide bonds. The van der Waals surface area contributed by atoms with E-state index in [1.165, 1.54) is 28.4 Å². The van der Waals surface area contributed by atoms with E-state index in [-0.39, 0.29) is 11.8 Å². The van der Waals surface area contributed by atoms with Gasteiger partial charge in [-0.1, -0.05) is 13.8 Å². The minimum Gasteiger partial charge on any atom is -0.355 e. The molecule has 1 heterocycles. The summed E-state index contributed by atoms with van der Waals surface area (Å²) in [7, 11) is 0. The van der Waals surface area contributed by atoms with Crippen molar-refractivity contribution in [3.8, 4) is 0 Å². The van der Waals surface area contributed by atoms with Gasteiger partial charge in [0.05, 0.1) is 10.7 Å². The van der Waals surface area contributed by atoms with Gasteiger partial charge in [0, 0.05) is 23.8 Å². The summed E-state index contributed by atoms with van der Waals surface area (Å²) in [6, 6.07) is 0. The highest BCUT2D eigenvalue weighted by Crippen LogP contribution is 2.27.